The Labute approximate surface area is 300 Å². The largest absolute Gasteiger partial charge is 0.571 e. The van der Waals surface area contributed by atoms with Crippen LogP contribution in [0.25, 0.3) is 6.08 Å². The van der Waals surface area contributed by atoms with Gasteiger partial charge in [-0.25, -0.2) is 0 Å². The molecule has 2 aromatic rings. The quantitative estimate of drug-likeness (QED) is 0.0927. The van der Waals surface area contributed by atoms with Gasteiger partial charge in [0.15, 0.2) is 29.3 Å². The lowest BCUT2D eigenvalue weighted by molar-refractivity contribution is -0.325. The number of aliphatic hydroxyl groups excluding tert-OH is 9. The Hall–Kier alpha value is -3.74. The van der Waals surface area contributed by atoms with Crippen LogP contribution in [0.15, 0.2) is 30.0 Å². The first kappa shape index (κ1) is 39.0. The maximum atomic E-state index is 11.0. The van der Waals surface area contributed by atoms with Crippen LogP contribution in [0, 0.1) is 0 Å². The van der Waals surface area contributed by atoms with Gasteiger partial charge in [0, 0.05) is 12.1 Å². The molecule has 53 heavy (non-hydrogen) atoms. The van der Waals surface area contributed by atoms with Crippen molar-refractivity contribution in [3.05, 3.63) is 41.2 Å². The fraction of sp³-hybridized carbons (Fsp3) is 0.576. The lowest BCUT2D eigenvalue weighted by Gasteiger charge is -2.42. The highest BCUT2D eigenvalue weighted by molar-refractivity contribution is 5.70. The number of aromatic hydroxyl groups is 5. The van der Waals surface area contributed by atoms with Crippen molar-refractivity contribution in [1.82, 2.24) is 0 Å². The average molecular weight is 760 g/mol. The van der Waals surface area contributed by atoms with Crippen LogP contribution in [-0.4, -0.2) is 170 Å². The topological polar surface area (TPSA) is 331 Å². The Balaban J connectivity index is 1.32. The van der Waals surface area contributed by atoms with Gasteiger partial charge in [0.1, 0.15) is 78.1 Å². The summed E-state index contributed by atoms with van der Waals surface area (Å²) in [6, 6.07) is 4.42. The van der Waals surface area contributed by atoms with Crippen LogP contribution in [0.3, 0.4) is 0 Å². The highest BCUT2D eigenvalue weighted by Crippen LogP contribution is 2.48. The van der Waals surface area contributed by atoms with Gasteiger partial charge in [-0.15, -0.1) is 0 Å². The second-order valence-corrected chi connectivity index (χ2v) is 13.3. The molecule has 294 valence electrons. The number of fused-ring (bicyclic) bond motifs is 1. The second kappa shape index (κ2) is 15.2. The Kier molecular flexibility index (Phi) is 11.2. The van der Waals surface area contributed by atoms with E-state index in [0.717, 1.165) is 18.2 Å². The molecular weight excluding hydrogens is 716 g/mol. The standard InChI is InChI=1S/C33H42O20/c1-9-20(37)24(41)27(44)31(48-9)47-8-19-23(40)26(43)29(46)33(53-19)52-18-7-13-16(50-30(18)11-3-14(35)22(39)15(36)4-11)5-12(34)6-17(13)51-32-28(45)25(42)21(38)10(2)49-32/h3-7,9-10,19-21,23-46H,8H2,1-2H3/p+1/t9-,10+,19+,20-,21-,23-,24-,25-,26-,27-,28+,29+,30?,31+,32-,33+/m0/s1. The Morgan fingerprint density at radius 2 is 1.13 bits per heavy atom. The summed E-state index contributed by atoms with van der Waals surface area (Å²) < 4.78 is 38.7. The van der Waals surface area contributed by atoms with E-state index < -0.39 is 122 Å². The summed E-state index contributed by atoms with van der Waals surface area (Å²) in [6.45, 7) is 2.25. The number of hydrogen-bond donors (Lipinski definition) is 13. The second-order valence-electron chi connectivity index (χ2n) is 13.3. The number of aliphatic hydroxyl groups is 10. The van der Waals surface area contributed by atoms with E-state index in [-0.39, 0.29) is 34.1 Å². The summed E-state index contributed by atoms with van der Waals surface area (Å²) in [7, 11) is 0. The molecule has 4 aliphatic rings. The Morgan fingerprint density at radius 3 is 1.74 bits per heavy atom. The van der Waals surface area contributed by atoms with E-state index in [9.17, 15) is 66.4 Å². The zero-order chi connectivity index (χ0) is 38.6. The van der Waals surface area contributed by atoms with Gasteiger partial charge < -0.3 is 99.5 Å². The van der Waals surface area contributed by atoms with Gasteiger partial charge in [0.05, 0.1) is 30.4 Å². The van der Waals surface area contributed by atoms with E-state index in [4.69, 9.17) is 28.4 Å². The number of hydrogen-bond acceptors (Lipinski definition) is 19. The maximum Gasteiger partial charge on any atom is 0.270 e. The fourth-order valence-electron chi connectivity index (χ4n) is 6.35. The van der Waals surface area contributed by atoms with Crippen LogP contribution < -0.4 is 4.74 Å². The van der Waals surface area contributed by atoms with Crippen molar-refractivity contribution in [2.24, 2.45) is 0 Å². The molecular formula is C33H43O20+. The van der Waals surface area contributed by atoms with E-state index in [1.807, 2.05) is 0 Å². The SMILES string of the molecule is C[C@@H]1O[C@@H](OC[C@H]2O[C@@H](OC3=Cc4c(O[C@@H]5O[C@H](C)[C@H](O)[C@H](O)[C@H]5O)cc(O)cc4[OH+]C3c3cc(O)c(O)c(O)c3)[C@H](O)[C@@H](O)[C@H]2O)[C@@H](O)[C@@H](O)[C@H]1O. The molecule has 20 heteroatoms. The first-order chi connectivity index (χ1) is 25.0. The highest BCUT2D eigenvalue weighted by atomic mass is 16.7. The third-order valence-corrected chi connectivity index (χ3v) is 9.54. The number of ether oxygens (including phenoxy) is 7. The molecule has 2 aromatic carbocycles. The van der Waals surface area contributed by atoms with E-state index in [2.05, 4.69) is 4.74 Å². The molecule has 6 rings (SSSR count). The van der Waals surface area contributed by atoms with Gasteiger partial charge in [-0.3, -0.25) is 0 Å². The van der Waals surface area contributed by atoms with Crippen molar-refractivity contribution in [3.63, 3.8) is 0 Å². The fourth-order valence-corrected chi connectivity index (χ4v) is 6.35. The van der Waals surface area contributed by atoms with Gasteiger partial charge in [-0.2, -0.15) is 0 Å². The van der Waals surface area contributed by atoms with E-state index in [0.29, 0.717) is 0 Å². The summed E-state index contributed by atoms with van der Waals surface area (Å²) in [6.07, 6.45) is -23.5. The summed E-state index contributed by atoms with van der Waals surface area (Å²) >= 11 is 0. The van der Waals surface area contributed by atoms with Crippen LogP contribution in [0.1, 0.15) is 31.1 Å². The summed E-state index contributed by atoms with van der Waals surface area (Å²) in [5.41, 5.74) is 0.0657. The molecule has 0 bridgehead atoms. The van der Waals surface area contributed by atoms with Crippen LogP contribution in [-0.2, 0) is 23.7 Å². The number of phenols is 4. The lowest BCUT2D eigenvalue weighted by atomic mass is 9.98. The predicted molar refractivity (Wildman–Crippen MR) is 171 cm³/mol. The van der Waals surface area contributed by atoms with Crippen molar-refractivity contribution >= 4 is 6.08 Å². The predicted octanol–water partition coefficient (Wildman–Crippen LogP) is -3.28. The van der Waals surface area contributed by atoms with Gasteiger partial charge in [0.25, 0.3) is 11.9 Å². The van der Waals surface area contributed by atoms with Gasteiger partial charge >= 0.3 is 0 Å². The highest BCUT2D eigenvalue weighted by Gasteiger charge is 2.49. The summed E-state index contributed by atoms with van der Waals surface area (Å²) in [4.78, 5) is 0. The first-order valence-corrected chi connectivity index (χ1v) is 16.5. The maximum absolute atomic E-state index is 11.0. The van der Waals surface area contributed by atoms with Crippen molar-refractivity contribution < 1.29 is 99.5 Å². The molecule has 3 fully saturated rings. The van der Waals surface area contributed by atoms with Crippen LogP contribution in [0.2, 0.25) is 0 Å². The zero-order valence-electron chi connectivity index (χ0n) is 28.0. The Morgan fingerprint density at radius 1 is 0.604 bits per heavy atom. The van der Waals surface area contributed by atoms with Crippen molar-refractivity contribution in [2.45, 2.75) is 112 Å². The molecule has 0 spiro atoms. The minimum Gasteiger partial charge on any atom is -0.571 e. The lowest BCUT2D eigenvalue weighted by Crippen LogP contribution is -2.61. The number of benzene rings is 2. The molecule has 4 heterocycles. The molecule has 0 saturated carbocycles. The smallest absolute Gasteiger partial charge is 0.270 e. The molecule has 0 amide bonds. The minimum atomic E-state index is -1.94. The molecule has 0 aliphatic carbocycles. The average Bonchev–Trinajstić information content (AvgIpc) is 3.12. The molecule has 0 radical (unpaired) electrons. The molecule has 3 saturated heterocycles. The molecule has 0 aromatic heterocycles. The van der Waals surface area contributed by atoms with E-state index in [1.54, 1.807) is 0 Å². The molecule has 4 aliphatic heterocycles. The monoisotopic (exact) mass is 759 g/mol. The Bertz CT molecular complexity index is 1630. The normalized spacial score (nSPS) is 40.1. The van der Waals surface area contributed by atoms with Gasteiger partial charge in [-0.1, -0.05) is 0 Å². The third-order valence-electron chi connectivity index (χ3n) is 9.54. The van der Waals surface area contributed by atoms with Gasteiger partial charge in [0.2, 0.25) is 12.6 Å². The third kappa shape index (κ3) is 7.51. The molecule has 16 atom stereocenters. The molecule has 14 N–H and O–H groups in total. The van der Waals surface area contributed by atoms with Crippen LogP contribution in [0.5, 0.6) is 34.5 Å². The summed E-state index contributed by atoms with van der Waals surface area (Å²) in [5, 5.41) is 135. The van der Waals surface area contributed by atoms with E-state index in [1.165, 1.54) is 26.0 Å². The van der Waals surface area contributed by atoms with Crippen molar-refractivity contribution in [1.29, 1.82) is 0 Å². The molecule has 20 nitrogen and oxygen atoms in total. The van der Waals surface area contributed by atoms with Gasteiger partial charge in [-0.05, 0) is 26.0 Å². The summed E-state index contributed by atoms with van der Waals surface area (Å²) in [5.74, 6) is -3.11. The van der Waals surface area contributed by atoms with Crippen molar-refractivity contribution in [2.75, 3.05) is 6.61 Å². The van der Waals surface area contributed by atoms with E-state index >= 15 is 0 Å². The van der Waals surface area contributed by atoms with Crippen LogP contribution in [0.4, 0.5) is 0 Å². The zero-order valence-corrected chi connectivity index (χ0v) is 28.0. The molecule has 1 unspecified atom stereocenters. The van der Waals surface area contributed by atoms with Crippen molar-refractivity contribution in [3.8, 4) is 34.5 Å². The minimum absolute atomic E-state index is 0.00143. The number of phenolic OH excluding ortho intramolecular Hbond substituents is 4. The number of rotatable bonds is 8. The van der Waals surface area contributed by atoms with Crippen LogP contribution >= 0.6 is 0 Å². The first-order valence-electron chi connectivity index (χ1n) is 16.5.